The van der Waals surface area contributed by atoms with E-state index in [1.165, 1.54) is 4.90 Å². The maximum atomic E-state index is 13.6. The van der Waals surface area contributed by atoms with Crippen molar-refractivity contribution in [1.82, 2.24) is 10.2 Å². The van der Waals surface area contributed by atoms with Crippen LogP contribution in [0.2, 0.25) is 0 Å². The Morgan fingerprint density at radius 2 is 1.97 bits per heavy atom. The third-order valence-electron chi connectivity index (χ3n) is 7.69. The van der Waals surface area contributed by atoms with E-state index in [2.05, 4.69) is 16.4 Å². The van der Waals surface area contributed by atoms with E-state index in [1.54, 1.807) is 32.0 Å². The molecule has 0 radical (unpaired) electrons. The minimum atomic E-state index is -0.963. The number of aliphatic imine (C=N–C) groups is 1. The van der Waals surface area contributed by atoms with Gasteiger partial charge in [0.05, 0.1) is 35.7 Å². The first kappa shape index (κ1) is 25.7. The molecule has 2 aromatic carbocycles. The number of rotatable bonds is 5. The van der Waals surface area contributed by atoms with Crippen molar-refractivity contribution >= 4 is 17.8 Å². The first-order valence-electron chi connectivity index (χ1n) is 12.9. The molecule has 38 heavy (non-hydrogen) atoms. The highest BCUT2D eigenvalue weighted by atomic mass is 16.5. The van der Waals surface area contributed by atoms with Crippen molar-refractivity contribution in [2.45, 2.75) is 69.9 Å². The van der Waals surface area contributed by atoms with Gasteiger partial charge in [-0.05, 0) is 63.8 Å². The lowest BCUT2D eigenvalue weighted by Crippen LogP contribution is -2.54. The fourth-order valence-electron chi connectivity index (χ4n) is 5.69. The third kappa shape index (κ3) is 4.61. The van der Waals surface area contributed by atoms with Gasteiger partial charge >= 0.3 is 0 Å². The fourth-order valence-corrected chi connectivity index (χ4v) is 5.69. The van der Waals surface area contributed by atoms with Crippen LogP contribution in [0.25, 0.3) is 0 Å². The van der Waals surface area contributed by atoms with Crippen molar-refractivity contribution in [3.05, 3.63) is 65.2 Å². The number of aliphatic hydroxyl groups excluding tert-OH is 1. The molecule has 198 valence electrons. The summed E-state index contributed by atoms with van der Waals surface area (Å²) in [5, 5.41) is 23.6. The Balaban J connectivity index is 1.44. The predicted molar refractivity (Wildman–Crippen MR) is 141 cm³/mol. The van der Waals surface area contributed by atoms with Crippen molar-refractivity contribution < 1.29 is 19.4 Å². The summed E-state index contributed by atoms with van der Waals surface area (Å²) in [7, 11) is 0. The number of ether oxygens (including phenoxy) is 1. The molecule has 0 bridgehead atoms. The number of carbonyl (C=O) groups excluding carboxylic acids is 2. The number of hydrogen-bond acceptors (Lipinski definition) is 7. The van der Waals surface area contributed by atoms with E-state index in [0.29, 0.717) is 23.3 Å². The van der Waals surface area contributed by atoms with E-state index >= 15 is 0 Å². The Hall–Kier alpha value is -3.90. The molecule has 9 nitrogen and oxygen atoms in total. The molecule has 5 rings (SSSR count). The number of fused-ring (bicyclic) bond motifs is 1. The van der Waals surface area contributed by atoms with Gasteiger partial charge in [0.1, 0.15) is 17.5 Å². The van der Waals surface area contributed by atoms with Crippen LogP contribution >= 0.6 is 0 Å². The van der Waals surface area contributed by atoms with E-state index < -0.39 is 35.2 Å². The number of amides is 2. The average molecular weight is 516 g/mol. The number of para-hydroxylation sites is 1. The van der Waals surface area contributed by atoms with Gasteiger partial charge in [0, 0.05) is 11.5 Å². The standard InChI is InChI=1S/C29H33N5O4/c1-28(2)14-22(35)34(27(31)33-28)24(17-9-7-8-16(12-17)15-30)19-13-20(19)26(37)32-23-18-10-5-6-11-21(18)38-29(3,4)25(23)36/h5-12,19-20,23-25,36H,13-14H2,1-4H3,(H2,31,33)(H,32,37). The van der Waals surface area contributed by atoms with Gasteiger partial charge in [-0.2, -0.15) is 5.26 Å². The summed E-state index contributed by atoms with van der Waals surface area (Å²) >= 11 is 0. The fraction of sp³-hybridized carbons (Fsp3) is 0.448. The number of carbonyl (C=O) groups is 2. The van der Waals surface area contributed by atoms with Crippen LogP contribution in [-0.2, 0) is 9.59 Å². The molecule has 5 unspecified atom stereocenters. The molecule has 3 aliphatic rings. The Bertz CT molecular complexity index is 1360. The van der Waals surface area contributed by atoms with Gasteiger partial charge in [-0.1, -0.05) is 30.3 Å². The van der Waals surface area contributed by atoms with E-state index in [0.717, 1.165) is 5.56 Å². The van der Waals surface area contributed by atoms with Crippen molar-refractivity contribution in [3.8, 4) is 11.8 Å². The highest BCUT2D eigenvalue weighted by molar-refractivity contribution is 5.99. The Morgan fingerprint density at radius 1 is 1.24 bits per heavy atom. The number of guanidine groups is 1. The minimum absolute atomic E-state index is 0.111. The quantitative estimate of drug-likeness (QED) is 0.559. The van der Waals surface area contributed by atoms with E-state index in [4.69, 9.17) is 10.5 Å². The molecule has 0 spiro atoms. The predicted octanol–water partition coefficient (Wildman–Crippen LogP) is 2.95. The summed E-state index contributed by atoms with van der Waals surface area (Å²) in [5.41, 5.74) is 6.73. The Kier molecular flexibility index (Phi) is 6.19. The van der Waals surface area contributed by atoms with Gasteiger partial charge < -0.3 is 20.9 Å². The summed E-state index contributed by atoms with van der Waals surface area (Å²) in [6.07, 6.45) is -0.250. The summed E-state index contributed by atoms with van der Waals surface area (Å²) in [6, 6.07) is 15.4. The van der Waals surface area contributed by atoms with Crippen LogP contribution in [0.5, 0.6) is 5.75 Å². The number of benzene rings is 2. The highest BCUT2D eigenvalue weighted by Gasteiger charge is 2.54. The summed E-state index contributed by atoms with van der Waals surface area (Å²) in [6.45, 7) is 7.28. The van der Waals surface area contributed by atoms with Gasteiger partial charge in [-0.25, -0.2) is 4.99 Å². The molecule has 2 aliphatic heterocycles. The molecule has 2 amide bonds. The molecule has 2 heterocycles. The Morgan fingerprint density at radius 3 is 2.68 bits per heavy atom. The van der Waals surface area contributed by atoms with Gasteiger partial charge in [0.25, 0.3) is 0 Å². The molecule has 1 fully saturated rings. The number of nitrogens with two attached hydrogens (primary N) is 1. The van der Waals surface area contributed by atoms with Crippen LogP contribution in [0.3, 0.4) is 0 Å². The van der Waals surface area contributed by atoms with Crippen molar-refractivity contribution in [1.29, 1.82) is 5.26 Å². The van der Waals surface area contributed by atoms with Gasteiger partial charge in [0.2, 0.25) is 11.8 Å². The second-order valence-corrected chi connectivity index (χ2v) is 11.6. The van der Waals surface area contributed by atoms with E-state index in [9.17, 15) is 20.0 Å². The number of nitriles is 1. The van der Waals surface area contributed by atoms with Crippen LogP contribution in [-0.4, -0.2) is 45.0 Å². The lowest BCUT2D eigenvalue weighted by molar-refractivity contribution is -0.132. The maximum Gasteiger partial charge on any atom is 0.232 e. The molecular formula is C29H33N5O4. The van der Waals surface area contributed by atoms with Gasteiger partial charge in [-0.3, -0.25) is 14.5 Å². The number of nitrogens with zero attached hydrogens (tertiary/aromatic N) is 3. The molecule has 4 N–H and O–H groups in total. The molecule has 9 heteroatoms. The largest absolute Gasteiger partial charge is 0.485 e. The number of hydrogen-bond donors (Lipinski definition) is 3. The molecule has 5 atom stereocenters. The second-order valence-electron chi connectivity index (χ2n) is 11.6. The van der Waals surface area contributed by atoms with Crippen LogP contribution in [0.4, 0.5) is 0 Å². The van der Waals surface area contributed by atoms with Crippen molar-refractivity contribution in [2.75, 3.05) is 0 Å². The third-order valence-corrected chi connectivity index (χ3v) is 7.69. The van der Waals surface area contributed by atoms with Crippen molar-refractivity contribution in [3.63, 3.8) is 0 Å². The van der Waals surface area contributed by atoms with Crippen LogP contribution in [0, 0.1) is 23.2 Å². The zero-order chi connectivity index (χ0) is 27.4. The SMILES string of the molecule is CC1(C)CC(=O)N(C(c2cccc(C#N)c2)C2CC2C(=O)NC2c3ccccc3OC(C)(C)C2O)C(N)=N1. The summed E-state index contributed by atoms with van der Waals surface area (Å²) in [4.78, 5) is 32.9. The van der Waals surface area contributed by atoms with Crippen LogP contribution in [0.15, 0.2) is 53.5 Å². The number of aliphatic hydroxyl groups is 1. The number of nitrogens with one attached hydrogen (secondary N) is 1. The minimum Gasteiger partial charge on any atom is -0.485 e. The van der Waals surface area contributed by atoms with Gasteiger partial charge in [-0.15, -0.1) is 0 Å². The monoisotopic (exact) mass is 515 g/mol. The molecule has 0 saturated heterocycles. The van der Waals surface area contributed by atoms with Crippen LogP contribution in [0.1, 0.15) is 69.3 Å². The zero-order valence-corrected chi connectivity index (χ0v) is 22.0. The summed E-state index contributed by atoms with van der Waals surface area (Å²) < 4.78 is 5.98. The lowest BCUT2D eigenvalue weighted by atomic mass is 9.86. The maximum absolute atomic E-state index is 13.6. The van der Waals surface area contributed by atoms with Crippen molar-refractivity contribution in [2.24, 2.45) is 22.6 Å². The lowest BCUT2D eigenvalue weighted by Gasteiger charge is -2.42. The molecule has 1 aliphatic carbocycles. The topological polar surface area (TPSA) is 141 Å². The Labute approximate surface area is 222 Å². The first-order chi connectivity index (χ1) is 17.9. The van der Waals surface area contributed by atoms with E-state index in [1.807, 2.05) is 44.2 Å². The normalized spacial score (nSPS) is 27.7. The average Bonchev–Trinajstić information content (AvgIpc) is 3.64. The second kappa shape index (κ2) is 9.14. The summed E-state index contributed by atoms with van der Waals surface area (Å²) in [5.74, 6) is -0.295. The van der Waals surface area contributed by atoms with Crippen LogP contribution < -0.4 is 15.8 Å². The van der Waals surface area contributed by atoms with E-state index in [-0.39, 0.29) is 30.1 Å². The molecule has 1 saturated carbocycles. The molecular weight excluding hydrogens is 482 g/mol. The zero-order valence-electron chi connectivity index (χ0n) is 22.0. The van der Waals surface area contributed by atoms with Gasteiger partial charge in [0.15, 0.2) is 5.96 Å². The first-order valence-corrected chi connectivity index (χ1v) is 12.9. The molecule has 2 aromatic rings. The smallest absolute Gasteiger partial charge is 0.232 e. The highest BCUT2D eigenvalue weighted by Crippen LogP contribution is 2.52. The molecule has 0 aromatic heterocycles.